The second-order valence-electron chi connectivity index (χ2n) is 4.59. The molecule has 0 bridgehead atoms. The molecule has 0 fully saturated rings. The van der Waals surface area contributed by atoms with Gasteiger partial charge < -0.3 is 10.1 Å². The Morgan fingerprint density at radius 1 is 1.47 bits per heavy atom. The van der Waals surface area contributed by atoms with Gasteiger partial charge >= 0.3 is 6.09 Å². The Labute approximate surface area is 124 Å². The van der Waals surface area contributed by atoms with Crippen LogP contribution in [-0.2, 0) is 11.3 Å². The van der Waals surface area contributed by atoms with Crippen LogP contribution < -0.4 is 5.32 Å². The summed E-state index contributed by atoms with van der Waals surface area (Å²) in [7, 11) is 0. The van der Waals surface area contributed by atoms with Crippen LogP contribution in [0.25, 0.3) is 0 Å². The number of ether oxygens (including phenoxy) is 1. The third kappa shape index (κ3) is 5.72. The van der Waals surface area contributed by atoms with E-state index in [1.807, 2.05) is 39.0 Å². The van der Waals surface area contributed by atoms with E-state index in [0.717, 1.165) is 13.6 Å². The van der Waals surface area contributed by atoms with Gasteiger partial charge in [0.25, 0.3) is 0 Å². The number of benzene rings is 1. The Bertz CT molecular complexity index is 415. The molecule has 0 aliphatic carbocycles. The molecule has 17 heavy (non-hydrogen) atoms. The number of rotatable bonds is 2. The first-order valence-corrected chi connectivity index (χ1v) is 7.06. The summed E-state index contributed by atoms with van der Waals surface area (Å²) in [6, 6.07) is 5.98. The Hall–Kier alpha value is -0.300. The highest BCUT2D eigenvalue weighted by atomic mass is 127. The van der Waals surface area contributed by atoms with Gasteiger partial charge in [-0.05, 0) is 61.1 Å². The quantitative estimate of drug-likeness (QED) is 0.744. The van der Waals surface area contributed by atoms with Gasteiger partial charge in [-0.15, -0.1) is 0 Å². The first-order valence-electron chi connectivity index (χ1n) is 5.19. The lowest BCUT2D eigenvalue weighted by molar-refractivity contribution is 0.0523. The van der Waals surface area contributed by atoms with Crippen molar-refractivity contribution >= 4 is 44.6 Å². The monoisotopic (exact) mass is 411 g/mol. The van der Waals surface area contributed by atoms with Crippen LogP contribution in [0.3, 0.4) is 0 Å². The minimum Gasteiger partial charge on any atom is -0.444 e. The molecule has 0 aromatic heterocycles. The van der Waals surface area contributed by atoms with Crippen LogP contribution in [-0.4, -0.2) is 11.7 Å². The summed E-state index contributed by atoms with van der Waals surface area (Å²) in [4.78, 5) is 11.5. The number of halogens is 2. The molecule has 0 aliphatic rings. The van der Waals surface area contributed by atoms with Crippen molar-refractivity contribution in [3.05, 3.63) is 31.8 Å². The minimum absolute atomic E-state index is 0.400. The van der Waals surface area contributed by atoms with Crippen LogP contribution in [0.15, 0.2) is 22.7 Å². The summed E-state index contributed by atoms with van der Waals surface area (Å²) in [5.41, 5.74) is 0.559. The van der Waals surface area contributed by atoms with E-state index in [-0.39, 0.29) is 0 Å². The minimum atomic E-state index is -0.465. The van der Waals surface area contributed by atoms with Crippen LogP contribution in [0.5, 0.6) is 0 Å². The van der Waals surface area contributed by atoms with E-state index in [1.165, 1.54) is 0 Å². The van der Waals surface area contributed by atoms with Crippen LogP contribution in [0.4, 0.5) is 4.79 Å². The lowest BCUT2D eigenvalue weighted by Gasteiger charge is -2.19. The molecule has 1 amide bonds. The molecular formula is C12H15BrINO2. The van der Waals surface area contributed by atoms with Crippen LogP contribution in [0.1, 0.15) is 26.3 Å². The molecule has 3 nitrogen and oxygen atoms in total. The highest BCUT2D eigenvalue weighted by molar-refractivity contribution is 14.1. The first-order chi connectivity index (χ1) is 7.78. The van der Waals surface area contributed by atoms with Crippen molar-refractivity contribution in [1.82, 2.24) is 5.32 Å². The SMILES string of the molecule is CC(C)(C)OC(=O)NCc1ccc(I)cc1Br. The van der Waals surface area contributed by atoms with E-state index >= 15 is 0 Å². The molecule has 0 spiro atoms. The van der Waals surface area contributed by atoms with Crippen molar-refractivity contribution in [2.45, 2.75) is 32.9 Å². The largest absolute Gasteiger partial charge is 0.444 e. The average Bonchev–Trinajstić information content (AvgIpc) is 2.13. The second-order valence-corrected chi connectivity index (χ2v) is 6.69. The predicted molar refractivity (Wildman–Crippen MR) is 79.9 cm³/mol. The second kappa shape index (κ2) is 6.04. The van der Waals surface area contributed by atoms with Gasteiger partial charge in [-0.3, -0.25) is 0 Å². The molecule has 0 heterocycles. The summed E-state index contributed by atoms with van der Waals surface area (Å²) in [5, 5.41) is 2.72. The average molecular weight is 412 g/mol. The Kier molecular flexibility index (Phi) is 5.24. The highest BCUT2D eigenvalue weighted by Crippen LogP contribution is 2.19. The fourth-order valence-electron chi connectivity index (χ4n) is 1.15. The summed E-state index contributed by atoms with van der Waals surface area (Å²) in [6.45, 7) is 5.97. The van der Waals surface area contributed by atoms with E-state index in [9.17, 15) is 4.79 Å². The molecule has 0 unspecified atom stereocenters. The Morgan fingerprint density at radius 2 is 2.12 bits per heavy atom. The molecule has 1 aromatic carbocycles. The molecule has 0 saturated carbocycles. The maximum atomic E-state index is 11.5. The zero-order valence-corrected chi connectivity index (χ0v) is 13.8. The van der Waals surface area contributed by atoms with E-state index < -0.39 is 11.7 Å². The highest BCUT2D eigenvalue weighted by Gasteiger charge is 2.15. The molecular weight excluding hydrogens is 397 g/mol. The van der Waals surface area contributed by atoms with E-state index in [0.29, 0.717) is 6.54 Å². The number of amides is 1. The summed E-state index contributed by atoms with van der Waals surface area (Å²) in [5.74, 6) is 0. The topological polar surface area (TPSA) is 38.3 Å². The lowest BCUT2D eigenvalue weighted by Crippen LogP contribution is -2.32. The van der Waals surface area contributed by atoms with Crippen molar-refractivity contribution in [2.24, 2.45) is 0 Å². The third-order valence-corrected chi connectivity index (χ3v) is 3.25. The number of carbonyl (C=O) groups is 1. The van der Waals surface area contributed by atoms with Crippen molar-refractivity contribution in [1.29, 1.82) is 0 Å². The van der Waals surface area contributed by atoms with Gasteiger partial charge in [0.15, 0.2) is 0 Å². The van der Waals surface area contributed by atoms with Crippen LogP contribution in [0, 0.1) is 3.57 Å². The maximum Gasteiger partial charge on any atom is 0.407 e. The van der Waals surface area contributed by atoms with Gasteiger partial charge in [0, 0.05) is 14.6 Å². The normalized spacial score (nSPS) is 11.1. The smallest absolute Gasteiger partial charge is 0.407 e. The van der Waals surface area contributed by atoms with Crippen molar-refractivity contribution in [2.75, 3.05) is 0 Å². The zero-order chi connectivity index (χ0) is 13.1. The van der Waals surface area contributed by atoms with E-state index in [1.54, 1.807) is 0 Å². The fraction of sp³-hybridized carbons (Fsp3) is 0.417. The predicted octanol–water partition coefficient (Wildman–Crippen LogP) is 4.08. The number of alkyl carbamates (subject to hydrolysis) is 1. The van der Waals surface area contributed by atoms with Gasteiger partial charge in [0.05, 0.1) is 0 Å². The molecule has 0 radical (unpaired) electrons. The molecule has 1 N–H and O–H groups in total. The molecule has 1 rings (SSSR count). The number of hydrogen-bond donors (Lipinski definition) is 1. The first kappa shape index (κ1) is 14.8. The summed E-state index contributed by atoms with van der Waals surface area (Å²) < 4.78 is 7.29. The molecule has 1 aromatic rings. The lowest BCUT2D eigenvalue weighted by atomic mass is 10.2. The van der Waals surface area contributed by atoms with Crippen molar-refractivity contribution in [3.63, 3.8) is 0 Å². The number of nitrogens with one attached hydrogen (secondary N) is 1. The standard InChI is InChI=1S/C12H15BrINO2/c1-12(2,3)17-11(16)15-7-8-4-5-9(14)6-10(8)13/h4-6H,7H2,1-3H3,(H,15,16). The molecule has 94 valence electrons. The van der Waals surface area contributed by atoms with Gasteiger partial charge in [0.1, 0.15) is 5.60 Å². The third-order valence-electron chi connectivity index (χ3n) is 1.84. The summed E-state index contributed by atoms with van der Waals surface area (Å²) >= 11 is 5.70. The Morgan fingerprint density at radius 3 is 2.65 bits per heavy atom. The summed E-state index contributed by atoms with van der Waals surface area (Å²) in [6.07, 6.45) is -0.400. The van der Waals surface area contributed by atoms with Crippen molar-refractivity contribution < 1.29 is 9.53 Å². The van der Waals surface area contributed by atoms with E-state index in [4.69, 9.17) is 4.74 Å². The number of carbonyl (C=O) groups excluding carboxylic acids is 1. The van der Waals surface area contributed by atoms with E-state index in [2.05, 4.69) is 43.8 Å². The van der Waals surface area contributed by atoms with Gasteiger partial charge in [-0.1, -0.05) is 22.0 Å². The van der Waals surface area contributed by atoms with Crippen molar-refractivity contribution in [3.8, 4) is 0 Å². The number of hydrogen-bond acceptors (Lipinski definition) is 2. The van der Waals surface area contributed by atoms with Gasteiger partial charge in [-0.2, -0.15) is 0 Å². The van der Waals surface area contributed by atoms with Gasteiger partial charge in [-0.25, -0.2) is 4.79 Å². The maximum absolute atomic E-state index is 11.5. The van der Waals surface area contributed by atoms with Crippen LogP contribution >= 0.6 is 38.5 Å². The fourth-order valence-corrected chi connectivity index (χ4v) is 2.58. The molecule has 0 atom stereocenters. The molecule has 0 aliphatic heterocycles. The zero-order valence-electron chi connectivity index (χ0n) is 10.0. The molecule has 5 heteroatoms. The van der Waals surface area contributed by atoms with Crippen LogP contribution in [0.2, 0.25) is 0 Å². The molecule has 0 saturated heterocycles. The van der Waals surface area contributed by atoms with Gasteiger partial charge in [0.2, 0.25) is 0 Å². The Balaban J connectivity index is 2.53.